The second-order valence-corrected chi connectivity index (χ2v) is 5.93. The van der Waals surface area contributed by atoms with E-state index in [0.717, 1.165) is 12.1 Å². The second kappa shape index (κ2) is 8.56. The number of nitrogens with one attached hydrogen (secondary N) is 2. The fraction of sp³-hybridized carbons (Fsp3) is 0.500. The van der Waals surface area contributed by atoms with Gasteiger partial charge in [-0.25, -0.2) is 4.79 Å². The van der Waals surface area contributed by atoms with Gasteiger partial charge in [0.2, 0.25) is 5.91 Å². The van der Waals surface area contributed by atoms with Gasteiger partial charge in [0.25, 0.3) is 0 Å². The Bertz CT molecular complexity index is 574. The van der Waals surface area contributed by atoms with Crippen LogP contribution >= 0.6 is 0 Å². The smallest absolute Gasteiger partial charge is 0.368 e. The molecular weight excluding hydrogens is 323 g/mol. The molecule has 0 bridgehead atoms. The third-order valence-corrected chi connectivity index (χ3v) is 3.31. The van der Waals surface area contributed by atoms with Gasteiger partial charge in [-0.05, 0) is 30.4 Å². The van der Waals surface area contributed by atoms with Crippen LogP contribution in [0, 0.1) is 5.92 Å². The number of carbonyl (C=O) groups is 2. The third-order valence-electron chi connectivity index (χ3n) is 3.31. The van der Waals surface area contributed by atoms with Gasteiger partial charge in [-0.15, -0.1) is 0 Å². The lowest BCUT2D eigenvalue weighted by atomic mass is 10.0. The summed E-state index contributed by atoms with van der Waals surface area (Å²) in [6.07, 6.45) is -3.74. The van der Waals surface area contributed by atoms with E-state index in [9.17, 15) is 22.8 Å². The molecule has 0 saturated carbocycles. The number of primary amides is 1. The Morgan fingerprint density at radius 3 is 2.46 bits per heavy atom. The zero-order valence-corrected chi connectivity index (χ0v) is 13.6. The van der Waals surface area contributed by atoms with Gasteiger partial charge in [0.1, 0.15) is 6.04 Å². The first-order valence-corrected chi connectivity index (χ1v) is 7.59. The Labute approximate surface area is 138 Å². The SMILES string of the molecule is CC(C)C[C@H](NC(=O)NCCc1cccc(C(F)(F)F)c1)C(N)=O. The summed E-state index contributed by atoms with van der Waals surface area (Å²) in [7, 11) is 0. The van der Waals surface area contributed by atoms with E-state index in [4.69, 9.17) is 5.73 Å². The molecule has 24 heavy (non-hydrogen) atoms. The van der Waals surface area contributed by atoms with E-state index in [1.54, 1.807) is 6.07 Å². The molecule has 1 aromatic carbocycles. The number of amides is 3. The summed E-state index contributed by atoms with van der Waals surface area (Å²) in [6.45, 7) is 3.92. The summed E-state index contributed by atoms with van der Waals surface area (Å²) in [6, 6.07) is 3.56. The van der Waals surface area contributed by atoms with Crippen molar-refractivity contribution in [3.05, 3.63) is 35.4 Å². The Balaban J connectivity index is 2.49. The van der Waals surface area contributed by atoms with E-state index in [1.807, 2.05) is 13.8 Å². The van der Waals surface area contributed by atoms with Crippen LogP contribution in [0.5, 0.6) is 0 Å². The molecule has 0 aromatic heterocycles. The molecule has 4 N–H and O–H groups in total. The summed E-state index contributed by atoms with van der Waals surface area (Å²) >= 11 is 0. The van der Waals surface area contributed by atoms with E-state index in [1.165, 1.54) is 6.07 Å². The lowest BCUT2D eigenvalue weighted by Gasteiger charge is -2.17. The molecule has 0 radical (unpaired) electrons. The molecule has 0 aliphatic rings. The highest BCUT2D eigenvalue weighted by atomic mass is 19.4. The fourth-order valence-corrected chi connectivity index (χ4v) is 2.15. The molecular formula is C16H22F3N3O2. The van der Waals surface area contributed by atoms with Crippen LogP contribution in [0.1, 0.15) is 31.4 Å². The summed E-state index contributed by atoms with van der Waals surface area (Å²) in [5.74, 6) is -0.454. The zero-order chi connectivity index (χ0) is 18.3. The predicted octanol–water partition coefficient (Wildman–Crippen LogP) is 2.45. The van der Waals surface area contributed by atoms with Crippen LogP contribution in [-0.2, 0) is 17.4 Å². The second-order valence-electron chi connectivity index (χ2n) is 5.93. The Kier molecular flexibility index (Phi) is 7.06. The molecule has 0 unspecified atom stereocenters. The van der Waals surface area contributed by atoms with E-state index in [-0.39, 0.29) is 18.9 Å². The highest BCUT2D eigenvalue weighted by molar-refractivity contribution is 5.85. The van der Waals surface area contributed by atoms with Crippen molar-refractivity contribution < 1.29 is 22.8 Å². The zero-order valence-electron chi connectivity index (χ0n) is 13.6. The molecule has 134 valence electrons. The van der Waals surface area contributed by atoms with Crippen LogP contribution in [-0.4, -0.2) is 24.5 Å². The predicted molar refractivity (Wildman–Crippen MR) is 84.1 cm³/mol. The van der Waals surface area contributed by atoms with Crippen LogP contribution in [0.4, 0.5) is 18.0 Å². The number of urea groups is 1. The molecule has 0 heterocycles. The van der Waals surface area contributed by atoms with Crippen molar-refractivity contribution in [3.63, 3.8) is 0 Å². The number of alkyl halides is 3. The summed E-state index contributed by atoms with van der Waals surface area (Å²) in [5, 5.41) is 4.97. The van der Waals surface area contributed by atoms with Gasteiger partial charge in [-0.3, -0.25) is 4.79 Å². The van der Waals surface area contributed by atoms with Crippen LogP contribution < -0.4 is 16.4 Å². The number of hydrogen-bond acceptors (Lipinski definition) is 2. The lowest BCUT2D eigenvalue weighted by molar-refractivity contribution is -0.137. The summed E-state index contributed by atoms with van der Waals surface area (Å²) in [5.41, 5.74) is 4.95. The average Bonchev–Trinajstić information content (AvgIpc) is 2.45. The largest absolute Gasteiger partial charge is 0.416 e. The highest BCUT2D eigenvalue weighted by Crippen LogP contribution is 2.29. The van der Waals surface area contributed by atoms with E-state index < -0.39 is 29.7 Å². The quantitative estimate of drug-likeness (QED) is 0.709. The van der Waals surface area contributed by atoms with Crippen molar-refractivity contribution >= 4 is 11.9 Å². The Morgan fingerprint density at radius 2 is 1.92 bits per heavy atom. The minimum Gasteiger partial charge on any atom is -0.368 e. The summed E-state index contributed by atoms with van der Waals surface area (Å²) in [4.78, 5) is 23.0. The van der Waals surface area contributed by atoms with Crippen LogP contribution in [0.2, 0.25) is 0 Å². The maximum absolute atomic E-state index is 12.6. The van der Waals surface area contributed by atoms with E-state index in [0.29, 0.717) is 12.0 Å². The lowest BCUT2D eigenvalue weighted by Crippen LogP contribution is -2.49. The first-order valence-electron chi connectivity index (χ1n) is 7.59. The monoisotopic (exact) mass is 345 g/mol. The van der Waals surface area contributed by atoms with Gasteiger partial charge in [-0.2, -0.15) is 13.2 Å². The highest BCUT2D eigenvalue weighted by Gasteiger charge is 2.30. The molecule has 3 amide bonds. The number of benzene rings is 1. The first-order chi connectivity index (χ1) is 11.1. The Hall–Kier alpha value is -2.25. The van der Waals surface area contributed by atoms with Gasteiger partial charge in [-0.1, -0.05) is 32.0 Å². The molecule has 0 spiro atoms. The molecule has 0 saturated heterocycles. The maximum atomic E-state index is 12.6. The van der Waals surface area contributed by atoms with Crippen molar-refractivity contribution in [2.45, 2.75) is 38.9 Å². The minimum absolute atomic E-state index is 0.139. The number of nitrogens with two attached hydrogens (primary N) is 1. The van der Waals surface area contributed by atoms with Gasteiger partial charge in [0, 0.05) is 6.54 Å². The normalized spacial score (nSPS) is 12.8. The molecule has 1 aromatic rings. The van der Waals surface area contributed by atoms with Gasteiger partial charge in [0.05, 0.1) is 5.56 Å². The molecule has 0 fully saturated rings. The molecule has 0 aliphatic heterocycles. The van der Waals surface area contributed by atoms with Gasteiger partial charge in [0.15, 0.2) is 0 Å². The van der Waals surface area contributed by atoms with E-state index >= 15 is 0 Å². The van der Waals surface area contributed by atoms with Crippen molar-refractivity contribution in [1.82, 2.24) is 10.6 Å². The van der Waals surface area contributed by atoms with Crippen molar-refractivity contribution in [2.75, 3.05) is 6.54 Å². The minimum atomic E-state index is -4.40. The maximum Gasteiger partial charge on any atom is 0.416 e. The van der Waals surface area contributed by atoms with Crippen molar-refractivity contribution in [3.8, 4) is 0 Å². The van der Waals surface area contributed by atoms with Crippen molar-refractivity contribution in [2.24, 2.45) is 11.7 Å². The number of carbonyl (C=O) groups excluding carboxylic acids is 2. The average molecular weight is 345 g/mol. The van der Waals surface area contributed by atoms with Gasteiger partial charge >= 0.3 is 12.2 Å². The van der Waals surface area contributed by atoms with Gasteiger partial charge < -0.3 is 16.4 Å². The van der Waals surface area contributed by atoms with Crippen LogP contribution in [0.15, 0.2) is 24.3 Å². The van der Waals surface area contributed by atoms with Crippen LogP contribution in [0.3, 0.4) is 0 Å². The first kappa shape index (κ1) is 19.8. The third kappa shape index (κ3) is 6.89. The van der Waals surface area contributed by atoms with Crippen molar-refractivity contribution in [1.29, 1.82) is 0 Å². The fourth-order valence-electron chi connectivity index (χ4n) is 2.15. The topological polar surface area (TPSA) is 84.2 Å². The molecule has 8 heteroatoms. The Morgan fingerprint density at radius 1 is 1.25 bits per heavy atom. The number of halogens is 3. The number of hydrogen-bond donors (Lipinski definition) is 3. The molecule has 5 nitrogen and oxygen atoms in total. The summed E-state index contributed by atoms with van der Waals surface area (Å²) < 4.78 is 37.9. The standard InChI is InChI=1S/C16H22F3N3O2/c1-10(2)8-13(14(20)23)22-15(24)21-7-6-11-4-3-5-12(9-11)16(17,18)19/h3-5,9-10,13H,6-8H2,1-2H3,(H2,20,23)(H2,21,22,24)/t13-/m0/s1. The molecule has 0 aliphatic carbocycles. The van der Waals surface area contributed by atoms with Crippen LogP contribution in [0.25, 0.3) is 0 Å². The molecule has 1 rings (SSSR count). The van der Waals surface area contributed by atoms with E-state index in [2.05, 4.69) is 10.6 Å². The number of rotatable bonds is 7. The molecule has 1 atom stereocenters.